The van der Waals surface area contributed by atoms with Crippen LogP contribution in [0.15, 0.2) is 18.2 Å². The standard InChI is InChI=1S/C15H22FN3O/c1-11(20)18-15-4-6-19(7-5-15)10-13-8-14(16)3-2-12(13)9-17/h2-3,8,15H,4-7,9-10,17H2,1H3,(H,18,20). The van der Waals surface area contributed by atoms with Gasteiger partial charge in [0.05, 0.1) is 0 Å². The van der Waals surface area contributed by atoms with Gasteiger partial charge in [0.1, 0.15) is 5.82 Å². The molecule has 0 saturated carbocycles. The van der Waals surface area contributed by atoms with Gasteiger partial charge in [-0.2, -0.15) is 0 Å². The first kappa shape index (κ1) is 14.9. The van der Waals surface area contributed by atoms with Crippen LogP contribution in [0.4, 0.5) is 4.39 Å². The van der Waals surface area contributed by atoms with Crippen molar-refractivity contribution >= 4 is 5.91 Å². The predicted molar refractivity (Wildman–Crippen MR) is 76.4 cm³/mol. The van der Waals surface area contributed by atoms with Crippen LogP contribution in [0.2, 0.25) is 0 Å². The van der Waals surface area contributed by atoms with E-state index in [1.54, 1.807) is 19.1 Å². The van der Waals surface area contributed by atoms with Crippen molar-refractivity contribution in [3.63, 3.8) is 0 Å². The van der Waals surface area contributed by atoms with Crippen LogP contribution in [0, 0.1) is 5.82 Å². The van der Waals surface area contributed by atoms with Gasteiger partial charge < -0.3 is 11.1 Å². The molecule has 5 heteroatoms. The van der Waals surface area contributed by atoms with E-state index >= 15 is 0 Å². The molecule has 2 rings (SSSR count). The molecule has 0 radical (unpaired) electrons. The summed E-state index contributed by atoms with van der Waals surface area (Å²) in [5.74, 6) is -0.190. The van der Waals surface area contributed by atoms with Crippen LogP contribution >= 0.6 is 0 Å². The van der Waals surface area contributed by atoms with Crippen LogP contribution in [-0.2, 0) is 17.9 Å². The van der Waals surface area contributed by atoms with E-state index in [1.165, 1.54) is 6.07 Å². The second-order valence-corrected chi connectivity index (χ2v) is 5.37. The molecule has 4 nitrogen and oxygen atoms in total. The first-order valence-electron chi connectivity index (χ1n) is 7.05. The van der Waals surface area contributed by atoms with Crippen LogP contribution in [0.5, 0.6) is 0 Å². The molecule has 110 valence electrons. The summed E-state index contributed by atoms with van der Waals surface area (Å²) in [6.07, 6.45) is 1.87. The van der Waals surface area contributed by atoms with Gasteiger partial charge in [-0.1, -0.05) is 6.07 Å². The summed E-state index contributed by atoms with van der Waals surface area (Å²) in [5.41, 5.74) is 7.65. The third kappa shape index (κ3) is 4.02. The van der Waals surface area contributed by atoms with E-state index in [1.807, 2.05) is 0 Å². The number of nitrogens with one attached hydrogen (secondary N) is 1. The SMILES string of the molecule is CC(=O)NC1CCN(Cc2cc(F)ccc2CN)CC1. The van der Waals surface area contributed by atoms with Gasteiger partial charge in [-0.3, -0.25) is 9.69 Å². The first-order valence-corrected chi connectivity index (χ1v) is 7.05. The van der Waals surface area contributed by atoms with Crippen molar-refractivity contribution in [1.82, 2.24) is 10.2 Å². The molecule has 1 aromatic carbocycles. The third-order valence-electron chi connectivity index (χ3n) is 3.78. The molecule has 1 fully saturated rings. The van der Waals surface area contributed by atoms with Crippen molar-refractivity contribution in [2.24, 2.45) is 5.73 Å². The molecule has 3 N–H and O–H groups in total. The van der Waals surface area contributed by atoms with Crippen LogP contribution in [0.3, 0.4) is 0 Å². The molecule has 0 bridgehead atoms. The lowest BCUT2D eigenvalue weighted by molar-refractivity contribution is -0.119. The number of carbonyl (C=O) groups excluding carboxylic acids is 1. The lowest BCUT2D eigenvalue weighted by atomic mass is 10.0. The van der Waals surface area contributed by atoms with Crippen LogP contribution in [0.1, 0.15) is 30.9 Å². The average molecular weight is 279 g/mol. The molecule has 1 aromatic rings. The molecule has 0 unspecified atom stereocenters. The lowest BCUT2D eigenvalue weighted by Gasteiger charge is -2.32. The molecule has 0 atom stereocenters. The fourth-order valence-corrected chi connectivity index (χ4v) is 2.70. The minimum Gasteiger partial charge on any atom is -0.354 e. The topological polar surface area (TPSA) is 58.4 Å². The zero-order chi connectivity index (χ0) is 14.5. The molecule has 1 heterocycles. The summed E-state index contributed by atoms with van der Waals surface area (Å²) >= 11 is 0. The Hall–Kier alpha value is -1.46. The quantitative estimate of drug-likeness (QED) is 0.875. The lowest BCUT2D eigenvalue weighted by Crippen LogP contribution is -2.43. The molecule has 1 saturated heterocycles. The number of benzene rings is 1. The molecular formula is C15H22FN3O. The number of nitrogens with zero attached hydrogens (tertiary/aromatic N) is 1. The summed E-state index contributed by atoms with van der Waals surface area (Å²) in [5, 5.41) is 2.95. The van der Waals surface area contributed by atoms with E-state index in [-0.39, 0.29) is 17.8 Å². The maximum atomic E-state index is 13.3. The van der Waals surface area contributed by atoms with Crippen LogP contribution < -0.4 is 11.1 Å². The average Bonchev–Trinajstić information content (AvgIpc) is 2.41. The summed E-state index contributed by atoms with van der Waals surface area (Å²) in [4.78, 5) is 13.3. The monoisotopic (exact) mass is 279 g/mol. The van der Waals surface area contributed by atoms with Gasteiger partial charge >= 0.3 is 0 Å². The number of likely N-dealkylation sites (tertiary alicyclic amines) is 1. The van der Waals surface area contributed by atoms with Crippen LogP contribution in [-0.4, -0.2) is 29.9 Å². The largest absolute Gasteiger partial charge is 0.354 e. The molecule has 1 aliphatic heterocycles. The highest BCUT2D eigenvalue weighted by molar-refractivity contribution is 5.73. The highest BCUT2D eigenvalue weighted by atomic mass is 19.1. The van der Waals surface area contributed by atoms with Gasteiger partial charge in [0.2, 0.25) is 5.91 Å². The summed E-state index contributed by atoms with van der Waals surface area (Å²) in [6.45, 7) is 4.51. The van der Waals surface area contributed by atoms with Crippen molar-refractivity contribution in [1.29, 1.82) is 0 Å². The Bertz CT molecular complexity index is 470. The molecular weight excluding hydrogens is 257 g/mol. The molecule has 20 heavy (non-hydrogen) atoms. The number of piperidine rings is 1. The molecule has 0 aliphatic carbocycles. The van der Waals surface area contributed by atoms with Gasteiger partial charge in [0.15, 0.2) is 0 Å². The van der Waals surface area contributed by atoms with E-state index in [0.29, 0.717) is 6.54 Å². The van der Waals surface area contributed by atoms with Crippen LogP contribution in [0.25, 0.3) is 0 Å². The number of hydrogen-bond donors (Lipinski definition) is 2. The first-order chi connectivity index (χ1) is 9.58. The number of halogens is 1. The maximum Gasteiger partial charge on any atom is 0.217 e. The predicted octanol–water partition coefficient (Wildman–Crippen LogP) is 1.38. The smallest absolute Gasteiger partial charge is 0.217 e. The van der Waals surface area contributed by atoms with E-state index in [0.717, 1.165) is 43.6 Å². The van der Waals surface area contributed by atoms with Crippen molar-refractivity contribution in [3.05, 3.63) is 35.1 Å². The van der Waals surface area contributed by atoms with E-state index in [9.17, 15) is 9.18 Å². The van der Waals surface area contributed by atoms with Gasteiger partial charge in [-0.25, -0.2) is 4.39 Å². The number of hydrogen-bond acceptors (Lipinski definition) is 3. The van der Waals surface area contributed by atoms with Crippen molar-refractivity contribution < 1.29 is 9.18 Å². The second kappa shape index (κ2) is 6.81. The Morgan fingerprint density at radius 1 is 1.40 bits per heavy atom. The van der Waals surface area contributed by atoms with Gasteiger partial charge in [-0.05, 0) is 36.1 Å². The van der Waals surface area contributed by atoms with Crippen molar-refractivity contribution in [2.45, 2.75) is 38.9 Å². The maximum absolute atomic E-state index is 13.3. The third-order valence-corrected chi connectivity index (χ3v) is 3.78. The minimum atomic E-state index is -0.217. The van der Waals surface area contributed by atoms with E-state index in [2.05, 4.69) is 10.2 Å². The molecule has 1 aliphatic rings. The Morgan fingerprint density at radius 3 is 2.70 bits per heavy atom. The van der Waals surface area contributed by atoms with E-state index in [4.69, 9.17) is 5.73 Å². The highest BCUT2D eigenvalue weighted by Gasteiger charge is 2.20. The minimum absolute atomic E-state index is 0.0269. The molecule has 1 amide bonds. The second-order valence-electron chi connectivity index (χ2n) is 5.37. The Kier molecular flexibility index (Phi) is 5.09. The summed E-state index contributed by atoms with van der Waals surface area (Å²) in [6, 6.07) is 5.05. The zero-order valence-electron chi connectivity index (χ0n) is 11.9. The van der Waals surface area contributed by atoms with Crippen molar-refractivity contribution in [2.75, 3.05) is 13.1 Å². The fraction of sp³-hybridized carbons (Fsp3) is 0.533. The Balaban J connectivity index is 1.92. The van der Waals surface area contributed by atoms with Gasteiger partial charge in [-0.15, -0.1) is 0 Å². The summed E-state index contributed by atoms with van der Waals surface area (Å²) < 4.78 is 13.3. The van der Waals surface area contributed by atoms with E-state index < -0.39 is 0 Å². The highest BCUT2D eigenvalue weighted by Crippen LogP contribution is 2.17. The van der Waals surface area contributed by atoms with Gasteiger partial charge in [0, 0.05) is 39.1 Å². The number of rotatable bonds is 4. The Morgan fingerprint density at radius 2 is 2.10 bits per heavy atom. The Labute approximate surface area is 119 Å². The summed E-state index contributed by atoms with van der Waals surface area (Å²) in [7, 11) is 0. The molecule has 0 spiro atoms. The fourth-order valence-electron chi connectivity index (χ4n) is 2.70. The number of amides is 1. The molecule has 0 aromatic heterocycles. The number of nitrogens with two attached hydrogens (primary N) is 1. The van der Waals surface area contributed by atoms with Crippen molar-refractivity contribution in [3.8, 4) is 0 Å². The zero-order valence-corrected chi connectivity index (χ0v) is 11.9. The van der Waals surface area contributed by atoms with Gasteiger partial charge in [0.25, 0.3) is 0 Å². The normalized spacial score (nSPS) is 17.1. The number of carbonyl (C=O) groups is 1.